The van der Waals surface area contributed by atoms with Gasteiger partial charge >= 0.3 is 0 Å². The van der Waals surface area contributed by atoms with E-state index in [4.69, 9.17) is 4.42 Å². The van der Waals surface area contributed by atoms with E-state index in [2.05, 4.69) is 32.7 Å². The summed E-state index contributed by atoms with van der Waals surface area (Å²) in [6.45, 7) is 0.631. The highest BCUT2D eigenvalue weighted by Gasteiger charge is 2.19. The van der Waals surface area contributed by atoms with Gasteiger partial charge in [-0.15, -0.1) is 11.3 Å². The van der Waals surface area contributed by atoms with Crippen LogP contribution in [0.15, 0.2) is 52.3 Å². The fraction of sp³-hybridized carbons (Fsp3) is 0.222. The largest absolute Gasteiger partial charge is 0.419 e. The lowest BCUT2D eigenvalue weighted by Gasteiger charge is -2.23. The number of nitriles is 1. The van der Waals surface area contributed by atoms with Crippen molar-refractivity contribution < 1.29 is 4.42 Å². The normalized spacial score (nSPS) is 12.1. The summed E-state index contributed by atoms with van der Waals surface area (Å²) in [7, 11) is 4.07. The molecule has 0 bridgehead atoms. The minimum absolute atomic E-state index is 0.196. The second-order valence-electron chi connectivity index (χ2n) is 5.55. The van der Waals surface area contributed by atoms with E-state index in [-0.39, 0.29) is 11.7 Å². The highest BCUT2D eigenvalue weighted by Crippen LogP contribution is 2.27. The van der Waals surface area contributed by atoms with Crippen LogP contribution >= 0.6 is 11.3 Å². The number of hydrogen-bond acceptors (Lipinski definition) is 6. The molecular formula is C18H18N4OS. The molecule has 0 aliphatic carbocycles. The summed E-state index contributed by atoms with van der Waals surface area (Å²) in [4.78, 5) is 7.68. The van der Waals surface area contributed by atoms with Gasteiger partial charge in [0.1, 0.15) is 6.07 Å². The van der Waals surface area contributed by atoms with Crippen LogP contribution in [-0.4, -0.2) is 30.5 Å². The molecule has 5 nitrogen and oxygen atoms in total. The van der Waals surface area contributed by atoms with Crippen molar-refractivity contribution in [1.82, 2.24) is 9.88 Å². The lowest BCUT2D eigenvalue weighted by molar-refractivity contribution is 0.315. The quantitative estimate of drug-likeness (QED) is 0.736. The number of benzene rings is 1. The first-order chi connectivity index (χ1) is 11.7. The van der Waals surface area contributed by atoms with Gasteiger partial charge in [0.2, 0.25) is 17.5 Å². The number of nitrogens with zero attached hydrogens (tertiary/aromatic N) is 3. The average Bonchev–Trinajstić information content (AvgIpc) is 3.25. The fourth-order valence-corrected chi connectivity index (χ4v) is 3.35. The zero-order valence-corrected chi connectivity index (χ0v) is 14.4. The Morgan fingerprint density at radius 3 is 2.67 bits per heavy atom. The molecular weight excluding hydrogens is 320 g/mol. The molecule has 2 heterocycles. The van der Waals surface area contributed by atoms with Gasteiger partial charge in [0.15, 0.2) is 0 Å². The van der Waals surface area contributed by atoms with Crippen molar-refractivity contribution in [2.45, 2.75) is 6.04 Å². The van der Waals surface area contributed by atoms with Crippen LogP contribution in [-0.2, 0) is 0 Å². The smallest absolute Gasteiger partial charge is 0.232 e. The SMILES string of the molecule is CN(C)[C@H](CNc1oc(-c2ccccc2)nc1C#N)c1cccs1. The molecule has 0 aliphatic rings. The number of rotatable bonds is 6. The van der Waals surface area contributed by atoms with Crippen LogP contribution in [0.4, 0.5) is 5.88 Å². The molecule has 1 N–H and O–H groups in total. The third-order valence-corrected chi connectivity index (χ3v) is 4.68. The Morgan fingerprint density at radius 1 is 1.25 bits per heavy atom. The van der Waals surface area contributed by atoms with Crippen LogP contribution < -0.4 is 5.32 Å². The number of thiophene rings is 1. The standard InChI is InChI=1S/C18H18N4OS/c1-22(2)15(16-9-6-10-24-16)12-20-18-14(11-19)21-17(23-18)13-7-4-3-5-8-13/h3-10,15,20H,12H2,1-2H3/t15-/m1/s1. The maximum Gasteiger partial charge on any atom is 0.232 e. The molecule has 1 atom stereocenters. The van der Waals surface area contributed by atoms with Gasteiger partial charge in [0.25, 0.3) is 0 Å². The summed E-state index contributed by atoms with van der Waals surface area (Å²) in [5.41, 5.74) is 1.13. The predicted octanol–water partition coefficient (Wildman–Crippen LogP) is 3.99. The summed E-state index contributed by atoms with van der Waals surface area (Å²) < 4.78 is 5.78. The summed E-state index contributed by atoms with van der Waals surface area (Å²) in [5, 5.41) is 14.6. The van der Waals surface area contributed by atoms with E-state index in [1.54, 1.807) is 11.3 Å². The van der Waals surface area contributed by atoms with Crippen molar-refractivity contribution in [3.63, 3.8) is 0 Å². The predicted molar refractivity (Wildman–Crippen MR) is 95.9 cm³/mol. The Bertz CT molecular complexity index is 819. The van der Waals surface area contributed by atoms with E-state index in [1.807, 2.05) is 50.5 Å². The minimum atomic E-state index is 0.196. The number of likely N-dealkylation sites (N-methyl/N-ethyl adjacent to an activating group) is 1. The summed E-state index contributed by atoms with van der Waals surface area (Å²) >= 11 is 1.71. The summed E-state index contributed by atoms with van der Waals surface area (Å²) in [5.74, 6) is 0.868. The number of nitrogens with one attached hydrogen (secondary N) is 1. The fourth-order valence-electron chi connectivity index (χ4n) is 2.43. The van der Waals surface area contributed by atoms with Crippen molar-refractivity contribution in [3.8, 4) is 17.5 Å². The number of oxazole rings is 1. The van der Waals surface area contributed by atoms with Crippen molar-refractivity contribution >= 4 is 17.2 Å². The second-order valence-corrected chi connectivity index (χ2v) is 6.53. The van der Waals surface area contributed by atoms with Crippen LogP contribution in [0.25, 0.3) is 11.5 Å². The van der Waals surface area contributed by atoms with Crippen LogP contribution in [0, 0.1) is 11.3 Å². The Hall–Kier alpha value is -2.62. The maximum absolute atomic E-state index is 9.32. The first-order valence-electron chi connectivity index (χ1n) is 7.59. The van der Waals surface area contributed by atoms with Crippen molar-refractivity contribution in [2.75, 3.05) is 26.0 Å². The van der Waals surface area contributed by atoms with E-state index < -0.39 is 0 Å². The molecule has 122 valence electrons. The average molecular weight is 338 g/mol. The first-order valence-corrected chi connectivity index (χ1v) is 8.47. The maximum atomic E-state index is 9.32. The Balaban J connectivity index is 1.80. The van der Waals surface area contributed by atoms with Gasteiger partial charge in [-0.2, -0.15) is 10.2 Å². The third-order valence-electron chi connectivity index (χ3n) is 3.70. The number of hydrogen-bond donors (Lipinski definition) is 1. The third kappa shape index (κ3) is 3.48. The van der Waals surface area contributed by atoms with Gasteiger partial charge in [-0.3, -0.25) is 0 Å². The molecule has 3 aromatic rings. The molecule has 0 saturated carbocycles. The number of anilines is 1. The zero-order chi connectivity index (χ0) is 16.9. The van der Waals surface area contributed by atoms with Gasteiger partial charge in [0, 0.05) is 17.0 Å². The molecule has 0 radical (unpaired) electrons. The van der Waals surface area contributed by atoms with Gasteiger partial charge in [0.05, 0.1) is 6.04 Å². The van der Waals surface area contributed by atoms with Crippen molar-refractivity contribution in [3.05, 3.63) is 58.4 Å². The van der Waals surface area contributed by atoms with E-state index in [0.29, 0.717) is 18.3 Å². The summed E-state index contributed by atoms with van der Waals surface area (Å²) in [6.07, 6.45) is 0. The molecule has 0 unspecified atom stereocenters. The Kier molecular flexibility index (Phi) is 4.94. The molecule has 0 aliphatic heterocycles. The Labute approximate surface area is 145 Å². The number of aromatic nitrogens is 1. The van der Waals surface area contributed by atoms with Gasteiger partial charge < -0.3 is 14.6 Å². The molecule has 6 heteroatoms. The summed E-state index contributed by atoms with van der Waals surface area (Å²) in [6, 6.07) is 16.0. The van der Waals surface area contributed by atoms with Crippen molar-refractivity contribution in [2.24, 2.45) is 0 Å². The van der Waals surface area contributed by atoms with Crippen LogP contribution in [0.1, 0.15) is 16.6 Å². The molecule has 1 aromatic carbocycles. The minimum Gasteiger partial charge on any atom is -0.419 e. The van der Waals surface area contributed by atoms with Crippen molar-refractivity contribution in [1.29, 1.82) is 5.26 Å². The highest BCUT2D eigenvalue weighted by atomic mass is 32.1. The van der Waals surface area contributed by atoms with Crippen LogP contribution in [0.5, 0.6) is 0 Å². The van der Waals surface area contributed by atoms with Gasteiger partial charge in [-0.1, -0.05) is 24.3 Å². The lowest BCUT2D eigenvalue weighted by atomic mass is 10.2. The van der Waals surface area contributed by atoms with E-state index in [1.165, 1.54) is 4.88 Å². The first kappa shape index (κ1) is 16.2. The van der Waals surface area contributed by atoms with Gasteiger partial charge in [-0.05, 0) is 37.7 Å². The van der Waals surface area contributed by atoms with E-state index in [9.17, 15) is 5.26 Å². The Morgan fingerprint density at radius 2 is 2.04 bits per heavy atom. The monoisotopic (exact) mass is 338 g/mol. The lowest BCUT2D eigenvalue weighted by Crippen LogP contribution is -2.26. The molecule has 0 amide bonds. The molecule has 0 fully saturated rings. The van der Waals surface area contributed by atoms with Crippen LogP contribution in [0.3, 0.4) is 0 Å². The van der Waals surface area contributed by atoms with E-state index >= 15 is 0 Å². The topological polar surface area (TPSA) is 65.1 Å². The second kappa shape index (κ2) is 7.30. The van der Waals surface area contributed by atoms with Gasteiger partial charge in [-0.25, -0.2) is 0 Å². The van der Waals surface area contributed by atoms with Crippen LogP contribution in [0.2, 0.25) is 0 Å². The molecule has 3 rings (SSSR count). The zero-order valence-electron chi connectivity index (χ0n) is 13.6. The molecule has 0 spiro atoms. The molecule has 24 heavy (non-hydrogen) atoms. The van der Waals surface area contributed by atoms with E-state index in [0.717, 1.165) is 5.56 Å². The molecule has 0 saturated heterocycles. The molecule has 2 aromatic heterocycles. The highest BCUT2D eigenvalue weighted by molar-refractivity contribution is 7.10.